The van der Waals surface area contributed by atoms with Gasteiger partial charge in [0.05, 0.1) is 26.7 Å². The summed E-state index contributed by atoms with van der Waals surface area (Å²) in [5, 5.41) is 5.29. The smallest absolute Gasteiger partial charge is 0.306 e. The van der Waals surface area contributed by atoms with E-state index in [1.165, 1.54) is 7.11 Å². The van der Waals surface area contributed by atoms with Crippen molar-refractivity contribution in [1.82, 2.24) is 10.6 Å². The van der Waals surface area contributed by atoms with Crippen LogP contribution in [0.5, 0.6) is 0 Å². The van der Waals surface area contributed by atoms with Crippen LogP contribution in [0.2, 0.25) is 0 Å². The standard InChI is InChI=1S/C19H24N2O6/c1-26-18(24)8-7-17(23)20-14(11-13-5-3-2-4-6-13)19(25)21-15-12-27-10-9-16(15)22/h2-6,14-15H,7-12H2,1H3,(H,20,23)(H,21,25)/t14-,15?/m0/s1. The monoisotopic (exact) mass is 376 g/mol. The van der Waals surface area contributed by atoms with E-state index < -0.39 is 29.9 Å². The van der Waals surface area contributed by atoms with Gasteiger partial charge in [-0.05, 0) is 5.56 Å². The Morgan fingerprint density at radius 1 is 1.22 bits per heavy atom. The fraction of sp³-hybridized carbons (Fsp3) is 0.474. The number of amides is 2. The molecule has 8 nitrogen and oxygen atoms in total. The molecule has 0 spiro atoms. The molecule has 0 bridgehead atoms. The van der Waals surface area contributed by atoms with Crippen LogP contribution < -0.4 is 10.6 Å². The molecule has 1 saturated heterocycles. The summed E-state index contributed by atoms with van der Waals surface area (Å²) in [6.07, 6.45) is 0.353. The molecule has 1 unspecified atom stereocenters. The number of carbonyl (C=O) groups is 4. The van der Waals surface area contributed by atoms with Gasteiger partial charge in [0.25, 0.3) is 0 Å². The van der Waals surface area contributed by atoms with E-state index in [2.05, 4.69) is 15.4 Å². The van der Waals surface area contributed by atoms with Crippen molar-refractivity contribution in [3.8, 4) is 0 Å². The first kappa shape index (κ1) is 20.6. The summed E-state index contributed by atoms with van der Waals surface area (Å²) >= 11 is 0. The molecule has 0 aromatic heterocycles. The lowest BCUT2D eigenvalue weighted by molar-refractivity contribution is -0.142. The second-order valence-corrected chi connectivity index (χ2v) is 6.24. The van der Waals surface area contributed by atoms with Crippen molar-refractivity contribution < 1.29 is 28.7 Å². The summed E-state index contributed by atoms with van der Waals surface area (Å²) in [7, 11) is 1.25. The molecule has 1 aliphatic heterocycles. The molecule has 1 aromatic rings. The Balaban J connectivity index is 2.01. The number of ether oxygens (including phenoxy) is 2. The molecule has 0 aliphatic carbocycles. The van der Waals surface area contributed by atoms with E-state index in [-0.39, 0.29) is 38.1 Å². The molecule has 2 N–H and O–H groups in total. The van der Waals surface area contributed by atoms with Crippen LogP contribution in [-0.4, -0.2) is 56.0 Å². The summed E-state index contributed by atoms with van der Waals surface area (Å²) < 4.78 is 9.75. The van der Waals surface area contributed by atoms with Gasteiger partial charge in [-0.15, -0.1) is 0 Å². The highest BCUT2D eigenvalue weighted by Gasteiger charge is 2.28. The third-order valence-corrected chi connectivity index (χ3v) is 4.20. The van der Waals surface area contributed by atoms with Gasteiger partial charge in [-0.25, -0.2) is 0 Å². The zero-order valence-corrected chi connectivity index (χ0v) is 15.2. The number of Topliss-reactive ketones (excluding diaryl/α,β-unsaturated/α-hetero) is 1. The van der Waals surface area contributed by atoms with Crippen molar-refractivity contribution in [3.05, 3.63) is 35.9 Å². The van der Waals surface area contributed by atoms with Crippen LogP contribution in [0.4, 0.5) is 0 Å². The molecule has 2 atom stereocenters. The normalized spacial score (nSPS) is 17.7. The number of methoxy groups -OCH3 is 1. The van der Waals surface area contributed by atoms with Crippen LogP contribution in [0.25, 0.3) is 0 Å². The second-order valence-electron chi connectivity index (χ2n) is 6.24. The van der Waals surface area contributed by atoms with E-state index in [4.69, 9.17) is 4.74 Å². The van der Waals surface area contributed by atoms with Crippen molar-refractivity contribution in [2.75, 3.05) is 20.3 Å². The predicted octanol–water partition coefficient (Wildman–Crippen LogP) is 0.141. The molecule has 0 saturated carbocycles. The van der Waals surface area contributed by atoms with E-state index in [0.29, 0.717) is 6.61 Å². The fourth-order valence-electron chi connectivity index (χ4n) is 2.68. The average molecular weight is 376 g/mol. The van der Waals surface area contributed by atoms with Crippen molar-refractivity contribution in [2.45, 2.75) is 37.8 Å². The molecule has 1 fully saturated rings. The summed E-state index contributed by atoms with van der Waals surface area (Å²) in [4.78, 5) is 47.9. The molecule has 27 heavy (non-hydrogen) atoms. The zero-order chi connectivity index (χ0) is 19.6. The van der Waals surface area contributed by atoms with Gasteiger partial charge in [0.2, 0.25) is 11.8 Å². The molecule has 146 valence electrons. The van der Waals surface area contributed by atoms with E-state index in [9.17, 15) is 19.2 Å². The van der Waals surface area contributed by atoms with Gasteiger partial charge >= 0.3 is 5.97 Å². The lowest BCUT2D eigenvalue weighted by atomic mass is 10.0. The maximum absolute atomic E-state index is 12.7. The predicted molar refractivity (Wildman–Crippen MR) is 95.7 cm³/mol. The zero-order valence-electron chi connectivity index (χ0n) is 15.2. The first-order valence-electron chi connectivity index (χ1n) is 8.80. The van der Waals surface area contributed by atoms with E-state index >= 15 is 0 Å². The molecule has 8 heteroatoms. The Hall–Kier alpha value is -2.74. The largest absolute Gasteiger partial charge is 0.469 e. The first-order valence-corrected chi connectivity index (χ1v) is 8.80. The van der Waals surface area contributed by atoms with Crippen molar-refractivity contribution >= 4 is 23.6 Å². The van der Waals surface area contributed by atoms with Crippen LogP contribution in [-0.2, 0) is 35.1 Å². The molecule has 1 heterocycles. The van der Waals surface area contributed by atoms with Crippen molar-refractivity contribution in [2.24, 2.45) is 0 Å². The Morgan fingerprint density at radius 3 is 2.63 bits per heavy atom. The van der Waals surface area contributed by atoms with Crippen molar-refractivity contribution in [3.63, 3.8) is 0 Å². The first-order chi connectivity index (χ1) is 13.0. The summed E-state index contributed by atoms with van der Waals surface area (Å²) in [5.41, 5.74) is 0.858. The second kappa shape index (κ2) is 10.4. The number of rotatable bonds is 8. The summed E-state index contributed by atoms with van der Waals surface area (Å²) in [6.45, 7) is 0.474. The van der Waals surface area contributed by atoms with E-state index in [1.807, 2.05) is 30.3 Å². The third kappa shape index (κ3) is 6.82. The number of nitrogens with one attached hydrogen (secondary N) is 2. The molecule has 1 aliphatic rings. The van der Waals surface area contributed by atoms with Gasteiger partial charge < -0.3 is 20.1 Å². The van der Waals surface area contributed by atoms with Gasteiger partial charge in [0.1, 0.15) is 12.1 Å². The van der Waals surface area contributed by atoms with E-state index in [0.717, 1.165) is 5.56 Å². The van der Waals surface area contributed by atoms with Crippen LogP contribution in [0.3, 0.4) is 0 Å². The third-order valence-electron chi connectivity index (χ3n) is 4.20. The van der Waals surface area contributed by atoms with Crippen LogP contribution in [0, 0.1) is 0 Å². The Labute approximate surface area is 157 Å². The highest BCUT2D eigenvalue weighted by atomic mass is 16.5. The number of hydrogen-bond donors (Lipinski definition) is 2. The van der Waals surface area contributed by atoms with Gasteiger partial charge in [-0.1, -0.05) is 30.3 Å². The van der Waals surface area contributed by atoms with Crippen molar-refractivity contribution in [1.29, 1.82) is 0 Å². The fourth-order valence-corrected chi connectivity index (χ4v) is 2.68. The highest BCUT2D eigenvalue weighted by molar-refractivity contribution is 5.93. The number of benzene rings is 1. The number of hydrogen-bond acceptors (Lipinski definition) is 6. The van der Waals surface area contributed by atoms with Gasteiger partial charge in [0, 0.05) is 19.3 Å². The quantitative estimate of drug-likeness (QED) is 0.625. The number of carbonyl (C=O) groups excluding carboxylic acids is 4. The minimum atomic E-state index is -0.868. The summed E-state index contributed by atoms with van der Waals surface area (Å²) in [5.74, 6) is -1.50. The highest BCUT2D eigenvalue weighted by Crippen LogP contribution is 2.07. The molecular formula is C19H24N2O6. The van der Waals surface area contributed by atoms with Gasteiger partial charge in [0.15, 0.2) is 5.78 Å². The summed E-state index contributed by atoms with van der Waals surface area (Å²) in [6, 6.07) is 7.63. The molecule has 0 radical (unpaired) electrons. The average Bonchev–Trinajstić information content (AvgIpc) is 2.68. The molecule has 2 amide bonds. The van der Waals surface area contributed by atoms with Gasteiger partial charge in [-0.3, -0.25) is 19.2 Å². The Kier molecular flexibility index (Phi) is 7.94. The Morgan fingerprint density at radius 2 is 1.96 bits per heavy atom. The van der Waals surface area contributed by atoms with E-state index in [1.54, 1.807) is 0 Å². The molecular weight excluding hydrogens is 352 g/mol. The Bertz CT molecular complexity index is 676. The minimum Gasteiger partial charge on any atom is -0.469 e. The minimum absolute atomic E-state index is 0.0725. The van der Waals surface area contributed by atoms with Crippen LogP contribution >= 0.6 is 0 Å². The number of esters is 1. The SMILES string of the molecule is COC(=O)CCC(=O)N[C@@H](Cc1ccccc1)C(=O)NC1COCCC1=O. The molecule has 2 rings (SSSR count). The number of ketones is 1. The lowest BCUT2D eigenvalue weighted by Crippen LogP contribution is -2.54. The topological polar surface area (TPSA) is 111 Å². The lowest BCUT2D eigenvalue weighted by Gasteiger charge is -2.25. The maximum atomic E-state index is 12.7. The van der Waals surface area contributed by atoms with Gasteiger partial charge in [-0.2, -0.15) is 0 Å². The maximum Gasteiger partial charge on any atom is 0.306 e. The van der Waals surface area contributed by atoms with Crippen LogP contribution in [0.1, 0.15) is 24.8 Å². The van der Waals surface area contributed by atoms with Crippen LogP contribution in [0.15, 0.2) is 30.3 Å². The molecule has 1 aromatic carbocycles.